The number of carbonyl (C=O) groups is 3. The Morgan fingerprint density at radius 2 is 0.487 bits per heavy atom. The first-order valence-corrected chi connectivity index (χ1v) is 32.5. The third-order valence-corrected chi connectivity index (χ3v) is 13.2. The normalized spacial score (nSPS) is 13.2. The smallest absolute Gasteiger partial charge is 0.306 e. The third-order valence-electron chi connectivity index (χ3n) is 13.2. The Bertz CT molecular complexity index is 1790. The summed E-state index contributed by atoms with van der Waals surface area (Å²) in [5, 5.41) is 0. The molecule has 0 saturated heterocycles. The maximum absolute atomic E-state index is 12.9. The van der Waals surface area contributed by atoms with Crippen molar-refractivity contribution < 1.29 is 28.6 Å². The quantitative estimate of drug-likeness (QED) is 0.0261. The molecule has 6 nitrogen and oxygen atoms in total. The first kappa shape index (κ1) is 75.0. The predicted molar refractivity (Wildman–Crippen MR) is 348 cm³/mol. The van der Waals surface area contributed by atoms with E-state index in [0.29, 0.717) is 19.3 Å². The number of carbonyl (C=O) groups excluding carboxylic acids is 3. The topological polar surface area (TPSA) is 78.9 Å². The van der Waals surface area contributed by atoms with Crippen LogP contribution in [0, 0.1) is 0 Å². The van der Waals surface area contributed by atoms with Crippen LogP contribution in [0.15, 0.2) is 158 Å². The molecule has 0 N–H and O–H groups in total. The van der Waals surface area contributed by atoms with E-state index in [1.807, 2.05) is 0 Å². The second-order valence-electron chi connectivity index (χ2n) is 20.9. The van der Waals surface area contributed by atoms with Crippen molar-refractivity contribution in [3.63, 3.8) is 0 Å². The van der Waals surface area contributed by atoms with Gasteiger partial charge in [0.1, 0.15) is 13.2 Å². The van der Waals surface area contributed by atoms with Crippen molar-refractivity contribution in [1.82, 2.24) is 0 Å². The number of hydrogen-bond acceptors (Lipinski definition) is 6. The van der Waals surface area contributed by atoms with E-state index in [2.05, 4.69) is 179 Å². The summed E-state index contributed by atoms with van der Waals surface area (Å²) in [4.78, 5) is 38.4. The van der Waals surface area contributed by atoms with Gasteiger partial charge in [-0.3, -0.25) is 14.4 Å². The van der Waals surface area contributed by atoms with E-state index in [0.717, 1.165) is 154 Å². The summed E-state index contributed by atoms with van der Waals surface area (Å²) in [6.07, 6.45) is 96.7. The molecular weight excluding hydrogens is 985 g/mol. The van der Waals surface area contributed by atoms with E-state index in [-0.39, 0.29) is 37.5 Å². The number of allylic oxidation sites excluding steroid dienone is 26. The molecule has 0 aromatic carbocycles. The Labute approximate surface area is 492 Å². The molecular formula is C74H118O6. The number of rotatable bonds is 57. The largest absolute Gasteiger partial charge is 0.462 e. The minimum atomic E-state index is -0.815. The molecule has 0 aliphatic rings. The molecule has 0 aromatic rings. The zero-order chi connectivity index (χ0) is 57.8. The van der Waals surface area contributed by atoms with Crippen LogP contribution < -0.4 is 0 Å². The van der Waals surface area contributed by atoms with Crippen molar-refractivity contribution in [1.29, 1.82) is 0 Å². The molecule has 0 heterocycles. The summed E-state index contributed by atoms with van der Waals surface area (Å²) in [7, 11) is 0. The van der Waals surface area contributed by atoms with Crippen molar-refractivity contribution in [3.05, 3.63) is 158 Å². The van der Waals surface area contributed by atoms with Crippen LogP contribution in [0.2, 0.25) is 0 Å². The maximum atomic E-state index is 12.9. The molecule has 0 amide bonds. The molecule has 0 spiro atoms. The number of esters is 3. The fourth-order valence-electron chi connectivity index (χ4n) is 8.44. The average Bonchev–Trinajstić information content (AvgIpc) is 3.46. The molecule has 0 aliphatic heterocycles. The van der Waals surface area contributed by atoms with Crippen LogP contribution in [0.25, 0.3) is 0 Å². The number of unbranched alkanes of at least 4 members (excludes halogenated alkanes) is 20. The van der Waals surface area contributed by atoms with Gasteiger partial charge in [0.05, 0.1) is 0 Å². The standard InChI is InChI=1S/C74H118O6/c1-4-7-10-13-16-19-22-25-28-31-34-35-36-37-38-39-41-43-46-49-52-55-58-61-64-67-73(76)79-70-71(69-78-72(75)66-63-60-57-54-51-48-45-42-33-30-27-24-21-18-15-12-9-6-3)80-74(77)68-65-62-59-56-53-50-47-44-40-32-29-26-23-20-17-14-11-8-5-2/h7-8,10-11,16-17,19-21,24-26,28-30,33-35,37-38,40-41,43-44,50,53,71H,4-6,9,12-15,18,22-23,27,31-32,36,39,42,45-49,51-52,54-70H2,1-3H3/b10-7-,11-8-,19-16-,20-17-,24-21-,28-25-,29-26-,33-30-,35-34-,38-37-,43-41-,44-40-,53-50-. The Hall–Kier alpha value is -4.97. The minimum Gasteiger partial charge on any atom is -0.462 e. The van der Waals surface area contributed by atoms with Gasteiger partial charge >= 0.3 is 17.9 Å². The minimum absolute atomic E-state index is 0.107. The summed E-state index contributed by atoms with van der Waals surface area (Å²) < 4.78 is 16.9. The van der Waals surface area contributed by atoms with Crippen LogP contribution in [0.3, 0.4) is 0 Å². The van der Waals surface area contributed by atoms with E-state index in [9.17, 15) is 14.4 Å². The zero-order valence-electron chi connectivity index (χ0n) is 51.5. The van der Waals surface area contributed by atoms with Gasteiger partial charge in [0.15, 0.2) is 6.10 Å². The highest BCUT2D eigenvalue weighted by molar-refractivity contribution is 5.71. The summed E-state index contributed by atoms with van der Waals surface area (Å²) in [6, 6.07) is 0. The van der Waals surface area contributed by atoms with E-state index < -0.39 is 6.10 Å². The van der Waals surface area contributed by atoms with Gasteiger partial charge in [-0.05, 0) is 148 Å². The lowest BCUT2D eigenvalue weighted by Gasteiger charge is -2.18. The van der Waals surface area contributed by atoms with Gasteiger partial charge in [-0.2, -0.15) is 0 Å². The molecule has 1 unspecified atom stereocenters. The Balaban J connectivity index is 4.51. The van der Waals surface area contributed by atoms with Crippen molar-refractivity contribution in [2.45, 2.75) is 277 Å². The molecule has 0 bridgehead atoms. The van der Waals surface area contributed by atoms with Crippen LogP contribution in [-0.4, -0.2) is 37.2 Å². The summed E-state index contributed by atoms with van der Waals surface area (Å²) >= 11 is 0. The van der Waals surface area contributed by atoms with Crippen molar-refractivity contribution in [2.75, 3.05) is 13.2 Å². The van der Waals surface area contributed by atoms with E-state index >= 15 is 0 Å². The second kappa shape index (κ2) is 66.5. The highest BCUT2D eigenvalue weighted by Crippen LogP contribution is 2.14. The van der Waals surface area contributed by atoms with Gasteiger partial charge in [-0.1, -0.05) is 262 Å². The Morgan fingerprint density at radius 1 is 0.263 bits per heavy atom. The lowest BCUT2D eigenvalue weighted by atomic mass is 10.1. The molecule has 0 aromatic heterocycles. The zero-order valence-corrected chi connectivity index (χ0v) is 51.5. The first-order chi connectivity index (χ1) is 39.5. The monoisotopic (exact) mass is 1100 g/mol. The fourth-order valence-corrected chi connectivity index (χ4v) is 8.44. The molecule has 450 valence electrons. The lowest BCUT2D eigenvalue weighted by molar-refractivity contribution is -0.167. The second-order valence-corrected chi connectivity index (χ2v) is 20.9. The summed E-state index contributed by atoms with van der Waals surface area (Å²) in [5.74, 6) is -0.963. The Kier molecular flexibility index (Phi) is 62.4. The summed E-state index contributed by atoms with van der Waals surface area (Å²) in [5.41, 5.74) is 0. The molecule has 0 radical (unpaired) electrons. The third kappa shape index (κ3) is 63.9. The van der Waals surface area contributed by atoms with Gasteiger partial charge in [0.2, 0.25) is 0 Å². The van der Waals surface area contributed by atoms with Crippen LogP contribution in [0.4, 0.5) is 0 Å². The SMILES string of the molecule is CC/C=C\C/C=C\C/C=C\C/C=C\C/C=C\C/C=C\CCCCCCCCC(=O)OCC(COC(=O)CCCCCCCCC/C=C\C/C=C\CCCCCC)OC(=O)CCCCC/C=C\C/C=C\C/C=C\C/C=C\C/C=C\CC. The maximum Gasteiger partial charge on any atom is 0.306 e. The highest BCUT2D eigenvalue weighted by Gasteiger charge is 2.19. The molecule has 1 atom stereocenters. The van der Waals surface area contributed by atoms with Gasteiger partial charge < -0.3 is 14.2 Å². The van der Waals surface area contributed by atoms with E-state index in [4.69, 9.17) is 14.2 Å². The molecule has 6 heteroatoms. The van der Waals surface area contributed by atoms with Gasteiger partial charge in [0, 0.05) is 19.3 Å². The van der Waals surface area contributed by atoms with Crippen molar-refractivity contribution >= 4 is 17.9 Å². The first-order valence-electron chi connectivity index (χ1n) is 32.5. The lowest BCUT2D eigenvalue weighted by Crippen LogP contribution is -2.30. The summed E-state index contributed by atoms with van der Waals surface area (Å²) in [6.45, 7) is 6.35. The molecule has 0 rings (SSSR count). The highest BCUT2D eigenvalue weighted by atomic mass is 16.6. The Morgan fingerprint density at radius 3 is 0.775 bits per heavy atom. The van der Waals surface area contributed by atoms with Crippen molar-refractivity contribution in [3.8, 4) is 0 Å². The van der Waals surface area contributed by atoms with Crippen LogP contribution in [0.1, 0.15) is 271 Å². The predicted octanol–water partition coefficient (Wildman–Crippen LogP) is 22.5. The van der Waals surface area contributed by atoms with Crippen LogP contribution >= 0.6 is 0 Å². The average molecular weight is 1100 g/mol. The van der Waals surface area contributed by atoms with Crippen LogP contribution in [-0.2, 0) is 28.6 Å². The molecule has 80 heavy (non-hydrogen) atoms. The molecule has 0 saturated carbocycles. The number of ether oxygens (including phenoxy) is 3. The van der Waals surface area contributed by atoms with Gasteiger partial charge in [0.25, 0.3) is 0 Å². The molecule has 0 aliphatic carbocycles. The van der Waals surface area contributed by atoms with E-state index in [1.54, 1.807) is 0 Å². The number of hydrogen-bond donors (Lipinski definition) is 0. The van der Waals surface area contributed by atoms with Gasteiger partial charge in [-0.15, -0.1) is 0 Å². The molecule has 0 fully saturated rings. The van der Waals surface area contributed by atoms with Crippen molar-refractivity contribution in [2.24, 2.45) is 0 Å². The fraction of sp³-hybridized carbons (Fsp3) is 0.608. The van der Waals surface area contributed by atoms with E-state index in [1.165, 1.54) is 70.6 Å². The van der Waals surface area contributed by atoms with Crippen LogP contribution in [0.5, 0.6) is 0 Å². The van der Waals surface area contributed by atoms with Gasteiger partial charge in [-0.25, -0.2) is 0 Å².